The summed E-state index contributed by atoms with van der Waals surface area (Å²) in [6.45, 7) is 5.15. The molecule has 0 aliphatic heterocycles. The van der Waals surface area contributed by atoms with Crippen LogP contribution < -0.4 is 0 Å². The Morgan fingerprint density at radius 3 is 2.59 bits per heavy atom. The Morgan fingerprint density at radius 2 is 2.18 bits per heavy atom. The summed E-state index contributed by atoms with van der Waals surface area (Å²) < 4.78 is 6.06. The average Bonchev–Trinajstić information content (AvgIpc) is 2.52. The van der Waals surface area contributed by atoms with Gasteiger partial charge in [0.25, 0.3) is 0 Å². The molecule has 0 saturated carbocycles. The molecule has 0 spiro atoms. The predicted octanol–water partition coefficient (Wildman–Crippen LogP) is 1.22. The van der Waals surface area contributed by atoms with E-state index in [1.54, 1.807) is 20.8 Å². The summed E-state index contributed by atoms with van der Waals surface area (Å²) in [6.07, 6.45) is 0. The van der Waals surface area contributed by atoms with Crippen LogP contribution in [0, 0.1) is 29.9 Å². The molecule has 94 valence electrons. The van der Waals surface area contributed by atoms with E-state index in [1.807, 2.05) is 0 Å². The smallest absolute Gasteiger partial charge is 0.312 e. The molecule has 1 atom stereocenters. The molecule has 0 N–H and O–H groups in total. The summed E-state index contributed by atoms with van der Waals surface area (Å²) in [5.41, 5.74) is 0.801. The van der Waals surface area contributed by atoms with Crippen molar-refractivity contribution >= 4 is 11.7 Å². The minimum atomic E-state index is -0.461. The molecule has 0 aliphatic carbocycles. The van der Waals surface area contributed by atoms with Crippen LogP contribution in [0.2, 0.25) is 0 Å². The van der Waals surface area contributed by atoms with E-state index < -0.39 is 10.8 Å². The second kappa shape index (κ2) is 4.94. The highest BCUT2D eigenvalue weighted by Gasteiger charge is 2.24. The van der Waals surface area contributed by atoms with E-state index in [0.29, 0.717) is 11.4 Å². The van der Waals surface area contributed by atoms with Gasteiger partial charge in [-0.2, -0.15) is 5.10 Å². The first-order chi connectivity index (χ1) is 7.88. The number of hydrogen-bond donors (Lipinski definition) is 0. The van der Waals surface area contributed by atoms with E-state index in [9.17, 15) is 14.9 Å². The van der Waals surface area contributed by atoms with Crippen LogP contribution in [-0.2, 0) is 16.1 Å². The predicted molar refractivity (Wildman–Crippen MR) is 59.5 cm³/mol. The van der Waals surface area contributed by atoms with E-state index in [0.717, 1.165) is 0 Å². The van der Waals surface area contributed by atoms with Gasteiger partial charge < -0.3 is 4.74 Å². The van der Waals surface area contributed by atoms with E-state index in [1.165, 1.54) is 11.8 Å². The van der Waals surface area contributed by atoms with Crippen molar-refractivity contribution in [3.63, 3.8) is 0 Å². The number of carbonyl (C=O) groups is 1. The van der Waals surface area contributed by atoms with Gasteiger partial charge in [0, 0.05) is 0 Å². The maximum Gasteiger partial charge on any atom is 0.312 e. The lowest BCUT2D eigenvalue weighted by Gasteiger charge is -2.09. The van der Waals surface area contributed by atoms with Crippen molar-refractivity contribution in [3.05, 3.63) is 21.5 Å². The number of carbonyl (C=O) groups excluding carboxylic acids is 1. The van der Waals surface area contributed by atoms with Crippen LogP contribution in [0.15, 0.2) is 0 Å². The first-order valence-corrected chi connectivity index (χ1v) is 5.14. The molecule has 0 unspecified atom stereocenters. The fourth-order valence-corrected chi connectivity index (χ4v) is 1.66. The van der Waals surface area contributed by atoms with E-state index >= 15 is 0 Å². The molecule has 0 fully saturated rings. The second-order valence-electron chi connectivity index (χ2n) is 3.88. The highest BCUT2D eigenvalue weighted by Crippen LogP contribution is 2.22. The van der Waals surface area contributed by atoms with Gasteiger partial charge in [0.15, 0.2) is 0 Å². The minimum Gasteiger partial charge on any atom is -0.469 e. The van der Waals surface area contributed by atoms with Gasteiger partial charge in [0.05, 0.1) is 24.5 Å². The summed E-state index contributed by atoms with van der Waals surface area (Å²) in [6, 6.07) is 0. The Hall–Kier alpha value is -1.92. The third-order valence-corrected chi connectivity index (χ3v) is 2.58. The van der Waals surface area contributed by atoms with Gasteiger partial charge in [-0.05, 0) is 13.8 Å². The minimum absolute atomic E-state index is 0.00191. The zero-order chi connectivity index (χ0) is 13.2. The highest BCUT2D eigenvalue weighted by molar-refractivity contribution is 5.71. The standard InChI is InChI=1S/C10H15N3O4/c1-6(10(14)17-4)5-12-8(3)9(13(15)16)7(2)11-12/h6H,5H2,1-4H3/t6-/m1/s1. The molecular weight excluding hydrogens is 226 g/mol. The molecular formula is C10H15N3O4. The van der Waals surface area contributed by atoms with Crippen molar-refractivity contribution < 1.29 is 14.5 Å². The first-order valence-electron chi connectivity index (χ1n) is 5.14. The summed E-state index contributed by atoms with van der Waals surface area (Å²) in [7, 11) is 1.31. The fraction of sp³-hybridized carbons (Fsp3) is 0.600. The van der Waals surface area contributed by atoms with Crippen molar-refractivity contribution in [1.29, 1.82) is 0 Å². The molecule has 1 aromatic rings. The SMILES string of the molecule is COC(=O)[C@H](C)Cn1nc(C)c([N+](=O)[O-])c1C. The number of aryl methyl sites for hydroxylation is 1. The lowest BCUT2D eigenvalue weighted by atomic mass is 10.2. The summed E-state index contributed by atoms with van der Waals surface area (Å²) in [5, 5.41) is 14.8. The Bertz CT molecular complexity index is 453. The van der Waals surface area contributed by atoms with Gasteiger partial charge in [-0.25, -0.2) is 0 Å². The lowest BCUT2D eigenvalue weighted by molar-refractivity contribution is -0.386. The van der Waals surface area contributed by atoms with Gasteiger partial charge in [0.2, 0.25) is 0 Å². The number of rotatable bonds is 4. The summed E-state index contributed by atoms with van der Waals surface area (Å²) in [5.74, 6) is -0.752. The fourth-order valence-electron chi connectivity index (χ4n) is 1.66. The molecule has 0 aliphatic rings. The van der Waals surface area contributed by atoms with Crippen molar-refractivity contribution in [3.8, 4) is 0 Å². The Kier molecular flexibility index (Phi) is 3.82. The molecule has 0 saturated heterocycles. The van der Waals surface area contributed by atoms with E-state index in [4.69, 9.17) is 0 Å². The van der Waals surface area contributed by atoms with Gasteiger partial charge in [0.1, 0.15) is 11.4 Å². The number of nitrogens with zero attached hydrogens (tertiary/aromatic N) is 3. The zero-order valence-corrected chi connectivity index (χ0v) is 10.3. The average molecular weight is 241 g/mol. The Balaban J connectivity index is 2.97. The van der Waals surface area contributed by atoms with Crippen molar-refractivity contribution in [1.82, 2.24) is 9.78 Å². The van der Waals surface area contributed by atoms with Crippen LogP contribution in [0.3, 0.4) is 0 Å². The van der Waals surface area contributed by atoms with E-state index in [2.05, 4.69) is 9.84 Å². The maximum absolute atomic E-state index is 11.3. The first kappa shape index (κ1) is 13.1. The quantitative estimate of drug-likeness (QED) is 0.449. The topological polar surface area (TPSA) is 87.3 Å². The summed E-state index contributed by atoms with van der Waals surface area (Å²) >= 11 is 0. The maximum atomic E-state index is 11.3. The van der Waals surface area contributed by atoms with Gasteiger partial charge >= 0.3 is 11.7 Å². The van der Waals surface area contributed by atoms with Crippen LogP contribution in [0.4, 0.5) is 5.69 Å². The number of ether oxygens (including phenoxy) is 1. The van der Waals surface area contributed by atoms with Crippen LogP contribution in [0.5, 0.6) is 0 Å². The van der Waals surface area contributed by atoms with Crippen LogP contribution >= 0.6 is 0 Å². The zero-order valence-electron chi connectivity index (χ0n) is 10.3. The molecule has 0 aromatic carbocycles. The van der Waals surface area contributed by atoms with Gasteiger partial charge in [-0.1, -0.05) is 6.92 Å². The van der Waals surface area contributed by atoms with Gasteiger partial charge in [-0.3, -0.25) is 19.6 Å². The molecule has 17 heavy (non-hydrogen) atoms. The number of esters is 1. The molecule has 1 aromatic heterocycles. The molecule has 0 amide bonds. The van der Waals surface area contributed by atoms with Crippen LogP contribution in [0.25, 0.3) is 0 Å². The highest BCUT2D eigenvalue weighted by atomic mass is 16.6. The number of nitro groups is 1. The number of hydrogen-bond acceptors (Lipinski definition) is 5. The van der Waals surface area contributed by atoms with Crippen molar-refractivity contribution in [2.45, 2.75) is 27.3 Å². The molecule has 0 bridgehead atoms. The molecule has 1 rings (SSSR count). The number of methoxy groups -OCH3 is 1. The molecule has 7 heteroatoms. The van der Waals surface area contributed by atoms with Crippen molar-refractivity contribution in [2.75, 3.05) is 7.11 Å². The van der Waals surface area contributed by atoms with E-state index in [-0.39, 0.29) is 18.2 Å². The number of aromatic nitrogens is 2. The summed E-state index contributed by atoms with van der Waals surface area (Å²) in [4.78, 5) is 21.6. The van der Waals surface area contributed by atoms with Crippen LogP contribution in [-0.4, -0.2) is 27.8 Å². The monoisotopic (exact) mass is 241 g/mol. The second-order valence-corrected chi connectivity index (χ2v) is 3.88. The molecule has 7 nitrogen and oxygen atoms in total. The largest absolute Gasteiger partial charge is 0.469 e. The third-order valence-electron chi connectivity index (χ3n) is 2.58. The Labute approximate surface area is 98.5 Å². The van der Waals surface area contributed by atoms with Gasteiger partial charge in [-0.15, -0.1) is 0 Å². The lowest BCUT2D eigenvalue weighted by Crippen LogP contribution is -2.20. The normalized spacial score (nSPS) is 12.2. The third kappa shape index (κ3) is 2.61. The van der Waals surface area contributed by atoms with Crippen LogP contribution in [0.1, 0.15) is 18.3 Å². The van der Waals surface area contributed by atoms with Crippen molar-refractivity contribution in [2.24, 2.45) is 5.92 Å². The molecule has 0 radical (unpaired) electrons. The molecule has 1 heterocycles. The Morgan fingerprint density at radius 1 is 1.59 bits per heavy atom.